The molecule has 2 rings (SSSR count). The van der Waals surface area contributed by atoms with Gasteiger partial charge in [0.2, 0.25) is 0 Å². The van der Waals surface area contributed by atoms with Gasteiger partial charge in [-0.2, -0.15) is 0 Å². The van der Waals surface area contributed by atoms with E-state index in [2.05, 4.69) is 10.3 Å². The molecule has 2 aromatic heterocycles. The number of likely N-dealkylation sites (N-methyl/N-ethyl adjacent to an activating group) is 1. The van der Waals surface area contributed by atoms with E-state index in [1.807, 2.05) is 25.3 Å². The summed E-state index contributed by atoms with van der Waals surface area (Å²) < 4.78 is 1.78. The van der Waals surface area contributed by atoms with Crippen LogP contribution in [0.2, 0.25) is 5.15 Å². The minimum absolute atomic E-state index is 0.433. The molecular weight excluding hydrogens is 226 g/mol. The average Bonchev–Trinajstić information content (AvgIpc) is 2.57. The van der Waals surface area contributed by atoms with Gasteiger partial charge in [-0.1, -0.05) is 17.7 Å². The van der Waals surface area contributed by atoms with Crippen molar-refractivity contribution in [1.29, 1.82) is 0 Å². The average molecular weight is 240 g/mol. The van der Waals surface area contributed by atoms with E-state index >= 15 is 0 Å². The third-order valence-corrected chi connectivity index (χ3v) is 2.82. The lowest BCUT2D eigenvalue weighted by atomic mass is 10.3. The lowest BCUT2D eigenvalue weighted by Crippen LogP contribution is -2.17. The molecule has 2 aromatic rings. The zero-order valence-corrected chi connectivity index (χ0v) is 9.99. The van der Waals surface area contributed by atoms with E-state index < -0.39 is 6.10 Å². The van der Waals surface area contributed by atoms with Crippen LogP contribution in [0.3, 0.4) is 0 Å². The molecule has 1 atom stereocenters. The fraction of sp³-hybridized carbons (Fsp3) is 0.364. The smallest absolute Gasteiger partial charge is 0.139 e. The molecule has 0 fully saturated rings. The van der Waals surface area contributed by atoms with Gasteiger partial charge in [0.1, 0.15) is 22.6 Å². The van der Waals surface area contributed by atoms with Gasteiger partial charge >= 0.3 is 0 Å². The molecule has 0 aromatic carbocycles. The third kappa shape index (κ3) is 1.91. The van der Waals surface area contributed by atoms with Gasteiger partial charge < -0.3 is 10.4 Å². The number of rotatable bonds is 3. The Labute approximate surface area is 98.9 Å². The summed E-state index contributed by atoms with van der Waals surface area (Å²) in [5.74, 6) is 0. The van der Waals surface area contributed by atoms with Crippen LogP contribution in [0, 0.1) is 6.92 Å². The fourth-order valence-electron chi connectivity index (χ4n) is 1.64. The van der Waals surface area contributed by atoms with Gasteiger partial charge in [-0.25, -0.2) is 4.98 Å². The molecule has 86 valence electrons. The van der Waals surface area contributed by atoms with Crippen molar-refractivity contribution in [2.45, 2.75) is 13.0 Å². The van der Waals surface area contributed by atoms with E-state index in [4.69, 9.17) is 11.6 Å². The molecule has 0 saturated carbocycles. The Hall–Kier alpha value is -1.10. The molecule has 5 heteroatoms. The number of hydrogen-bond donors (Lipinski definition) is 2. The quantitative estimate of drug-likeness (QED) is 0.855. The minimum Gasteiger partial charge on any atom is -0.385 e. The van der Waals surface area contributed by atoms with Crippen LogP contribution in [0.15, 0.2) is 18.3 Å². The molecule has 2 heterocycles. The van der Waals surface area contributed by atoms with Gasteiger partial charge in [0.05, 0.1) is 0 Å². The van der Waals surface area contributed by atoms with E-state index in [0.717, 1.165) is 11.2 Å². The van der Waals surface area contributed by atoms with Crippen LogP contribution in [0.4, 0.5) is 0 Å². The van der Waals surface area contributed by atoms with E-state index in [0.29, 0.717) is 17.4 Å². The predicted octanol–water partition coefficient (Wildman–Crippen LogP) is 1.55. The molecule has 1 unspecified atom stereocenters. The zero-order chi connectivity index (χ0) is 11.7. The molecule has 0 aliphatic carbocycles. The van der Waals surface area contributed by atoms with Crippen LogP contribution in [-0.2, 0) is 0 Å². The molecule has 2 N–H and O–H groups in total. The van der Waals surface area contributed by atoms with Gasteiger partial charge in [-0.3, -0.25) is 4.40 Å². The predicted molar refractivity (Wildman–Crippen MR) is 63.8 cm³/mol. The van der Waals surface area contributed by atoms with E-state index in [1.54, 1.807) is 11.4 Å². The summed E-state index contributed by atoms with van der Waals surface area (Å²) in [6, 6.07) is 3.85. The highest BCUT2D eigenvalue weighted by molar-refractivity contribution is 6.30. The Morgan fingerprint density at radius 1 is 1.56 bits per heavy atom. The number of aliphatic hydroxyl groups excluding tert-OH is 1. The number of pyridine rings is 1. The number of nitrogens with one attached hydrogen (secondary N) is 1. The van der Waals surface area contributed by atoms with Gasteiger partial charge in [0.25, 0.3) is 0 Å². The first-order chi connectivity index (χ1) is 7.63. The van der Waals surface area contributed by atoms with Crippen molar-refractivity contribution in [3.05, 3.63) is 34.7 Å². The Balaban J connectivity index is 2.51. The number of nitrogens with zero attached hydrogens (tertiary/aromatic N) is 2. The summed E-state index contributed by atoms with van der Waals surface area (Å²) in [4.78, 5) is 4.31. The van der Waals surface area contributed by atoms with E-state index in [1.165, 1.54) is 0 Å². The normalized spacial score (nSPS) is 13.2. The molecular formula is C11H14ClN3O. The maximum Gasteiger partial charge on any atom is 0.139 e. The van der Waals surface area contributed by atoms with Crippen molar-refractivity contribution in [2.24, 2.45) is 0 Å². The van der Waals surface area contributed by atoms with Gasteiger partial charge in [0.15, 0.2) is 0 Å². The van der Waals surface area contributed by atoms with Crippen LogP contribution in [0.1, 0.15) is 17.4 Å². The second kappa shape index (κ2) is 4.41. The van der Waals surface area contributed by atoms with Crippen molar-refractivity contribution in [3.63, 3.8) is 0 Å². The van der Waals surface area contributed by atoms with Crippen molar-refractivity contribution in [2.75, 3.05) is 13.6 Å². The number of aromatic nitrogens is 2. The summed E-state index contributed by atoms with van der Waals surface area (Å²) in [6.07, 6.45) is 1.22. The molecule has 0 saturated heterocycles. The van der Waals surface area contributed by atoms with E-state index in [-0.39, 0.29) is 0 Å². The van der Waals surface area contributed by atoms with Gasteiger partial charge in [-0.05, 0) is 25.6 Å². The number of fused-ring (bicyclic) bond motifs is 1. The van der Waals surface area contributed by atoms with Crippen molar-refractivity contribution in [1.82, 2.24) is 14.7 Å². The Bertz CT molecular complexity index is 509. The highest BCUT2D eigenvalue weighted by Crippen LogP contribution is 2.24. The van der Waals surface area contributed by atoms with Gasteiger partial charge in [0, 0.05) is 12.7 Å². The largest absolute Gasteiger partial charge is 0.385 e. The second-order valence-electron chi connectivity index (χ2n) is 3.80. The molecule has 0 radical (unpaired) electrons. The van der Waals surface area contributed by atoms with Crippen molar-refractivity contribution in [3.8, 4) is 0 Å². The van der Waals surface area contributed by atoms with Crippen LogP contribution in [0.5, 0.6) is 0 Å². The highest BCUT2D eigenvalue weighted by atomic mass is 35.5. The first kappa shape index (κ1) is 11.4. The Kier molecular flexibility index (Phi) is 3.14. The van der Waals surface area contributed by atoms with E-state index in [9.17, 15) is 5.11 Å². The number of imidazole rings is 1. The van der Waals surface area contributed by atoms with Crippen molar-refractivity contribution >= 4 is 17.2 Å². The number of halogens is 1. The standard InChI is InChI=1S/C11H14ClN3O/c1-7-3-4-9-14-10(8(16)5-13-2)11(12)15(9)6-7/h3-4,6,8,13,16H,5H2,1-2H3. The summed E-state index contributed by atoms with van der Waals surface area (Å²) in [5.41, 5.74) is 2.36. The third-order valence-electron chi connectivity index (χ3n) is 2.45. The number of aryl methyl sites for hydroxylation is 1. The fourth-order valence-corrected chi connectivity index (χ4v) is 1.95. The molecule has 4 nitrogen and oxygen atoms in total. The maximum atomic E-state index is 9.85. The SMILES string of the molecule is CNCC(O)c1nc2ccc(C)cn2c1Cl. The summed E-state index contributed by atoms with van der Waals surface area (Å²) in [5, 5.41) is 13.2. The lowest BCUT2D eigenvalue weighted by Gasteiger charge is -2.06. The van der Waals surface area contributed by atoms with Crippen LogP contribution in [-0.4, -0.2) is 28.1 Å². The first-order valence-corrected chi connectivity index (χ1v) is 5.48. The topological polar surface area (TPSA) is 49.6 Å². The summed E-state index contributed by atoms with van der Waals surface area (Å²) in [6.45, 7) is 2.42. The first-order valence-electron chi connectivity index (χ1n) is 5.10. The van der Waals surface area contributed by atoms with Gasteiger partial charge in [-0.15, -0.1) is 0 Å². The highest BCUT2D eigenvalue weighted by Gasteiger charge is 2.17. The Morgan fingerprint density at radius 2 is 2.31 bits per heavy atom. The summed E-state index contributed by atoms with van der Waals surface area (Å²) >= 11 is 6.17. The molecule has 16 heavy (non-hydrogen) atoms. The maximum absolute atomic E-state index is 9.85. The van der Waals surface area contributed by atoms with Crippen molar-refractivity contribution < 1.29 is 5.11 Å². The molecule has 0 aliphatic rings. The Morgan fingerprint density at radius 3 is 3.00 bits per heavy atom. The minimum atomic E-state index is -0.683. The second-order valence-corrected chi connectivity index (χ2v) is 4.15. The molecule has 0 amide bonds. The lowest BCUT2D eigenvalue weighted by molar-refractivity contribution is 0.174. The number of hydrogen-bond acceptors (Lipinski definition) is 3. The van der Waals surface area contributed by atoms with Crippen LogP contribution < -0.4 is 5.32 Å². The van der Waals surface area contributed by atoms with Crippen LogP contribution >= 0.6 is 11.6 Å². The molecule has 0 aliphatic heterocycles. The molecule has 0 spiro atoms. The monoisotopic (exact) mass is 239 g/mol. The number of aliphatic hydroxyl groups is 1. The molecule has 0 bridgehead atoms. The zero-order valence-electron chi connectivity index (χ0n) is 9.24. The summed E-state index contributed by atoms with van der Waals surface area (Å²) in [7, 11) is 1.77. The van der Waals surface area contributed by atoms with Crippen LogP contribution in [0.25, 0.3) is 5.65 Å².